The number of carbonyl (C=O) groups is 1. The summed E-state index contributed by atoms with van der Waals surface area (Å²) in [6.07, 6.45) is 0. The number of hydrogen-bond donors (Lipinski definition) is 3. The smallest absolute Gasteiger partial charge is 0.262 e. The Hall–Kier alpha value is -1.64. The third-order valence-corrected chi connectivity index (χ3v) is 5.73. The fourth-order valence-corrected chi connectivity index (χ4v) is 4.43. The summed E-state index contributed by atoms with van der Waals surface area (Å²) < 4.78 is 32.8. The van der Waals surface area contributed by atoms with E-state index < -0.39 is 10.0 Å². The number of anilines is 1. The van der Waals surface area contributed by atoms with Crippen molar-refractivity contribution in [2.24, 2.45) is 11.8 Å². The van der Waals surface area contributed by atoms with Crippen LogP contribution in [0.3, 0.4) is 0 Å². The molecule has 1 aromatic rings. The Morgan fingerprint density at radius 2 is 2.00 bits per heavy atom. The van der Waals surface area contributed by atoms with Gasteiger partial charge in [0, 0.05) is 6.04 Å². The maximum absolute atomic E-state index is 12.4. The average molecular weight is 309 g/mol. The van der Waals surface area contributed by atoms with Crippen LogP contribution in [0.5, 0.6) is 5.75 Å². The first-order valence-corrected chi connectivity index (χ1v) is 8.33. The van der Waals surface area contributed by atoms with Crippen molar-refractivity contribution in [3.8, 4) is 5.75 Å². The van der Waals surface area contributed by atoms with E-state index in [1.54, 1.807) is 6.07 Å². The van der Waals surface area contributed by atoms with E-state index in [9.17, 15) is 13.2 Å². The second-order valence-electron chi connectivity index (χ2n) is 5.63. The second-order valence-corrected chi connectivity index (χ2v) is 7.34. The molecule has 3 N–H and O–H groups in total. The molecule has 2 atom stereocenters. The number of hydrogen-bond acceptors (Lipinski definition) is 5. The molecular formula is C13H15N3O4S. The van der Waals surface area contributed by atoms with Crippen molar-refractivity contribution in [1.82, 2.24) is 10.0 Å². The number of nitrogens with one attached hydrogen (secondary N) is 3. The predicted molar refractivity (Wildman–Crippen MR) is 74.5 cm³/mol. The van der Waals surface area contributed by atoms with Gasteiger partial charge in [0.05, 0.1) is 10.6 Å². The second kappa shape index (κ2) is 4.43. The van der Waals surface area contributed by atoms with Crippen LogP contribution < -0.4 is 20.1 Å². The summed E-state index contributed by atoms with van der Waals surface area (Å²) in [5.41, 5.74) is 0.395. The Balaban J connectivity index is 1.57. The molecule has 2 aliphatic heterocycles. The van der Waals surface area contributed by atoms with Crippen LogP contribution in [0.25, 0.3) is 0 Å². The fraction of sp³-hybridized carbons (Fsp3) is 0.462. The summed E-state index contributed by atoms with van der Waals surface area (Å²) in [4.78, 5) is 11.4. The number of sulfonamides is 1. The minimum atomic E-state index is -3.57. The van der Waals surface area contributed by atoms with Crippen LogP contribution in [0.15, 0.2) is 23.1 Å². The van der Waals surface area contributed by atoms with Crippen molar-refractivity contribution < 1.29 is 17.9 Å². The number of rotatable bonds is 3. The van der Waals surface area contributed by atoms with Gasteiger partial charge in [0.2, 0.25) is 10.0 Å². The van der Waals surface area contributed by atoms with Crippen molar-refractivity contribution in [2.45, 2.75) is 10.9 Å². The summed E-state index contributed by atoms with van der Waals surface area (Å²) in [5, 5.41) is 5.84. The van der Waals surface area contributed by atoms with Gasteiger partial charge in [0.15, 0.2) is 6.61 Å². The van der Waals surface area contributed by atoms with Crippen molar-refractivity contribution >= 4 is 21.6 Å². The predicted octanol–water partition coefficient (Wildman–Crippen LogP) is -0.486. The van der Waals surface area contributed by atoms with Crippen LogP contribution in [0.1, 0.15) is 0 Å². The van der Waals surface area contributed by atoms with Crippen molar-refractivity contribution in [3.63, 3.8) is 0 Å². The zero-order valence-corrected chi connectivity index (χ0v) is 11.9. The van der Waals surface area contributed by atoms with Gasteiger partial charge in [-0.25, -0.2) is 13.1 Å². The maximum atomic E-state index is 12.4. The highest BCUT2D eigenvalue weighted by Crippen LogP contribution is 2.42. The van der Waals surface area contributed by atoms with Crippen molar-refractivity contribution in [3.05, 3.63) is 18.2 Å². The van der Waals surface area contributed by atoms with Crippen LogP contribution in [-0.2, 0) is 14.8 Å². The monoisotopic (exact) mass is 309 g/mol. The molecule has 1 saturated heterocycles. The van der Waals surface area contributed by atoms with Crippen LogP contribution in [0.2, 0.25) is 0 Å². The molecule has 0 bridgehead atoms. The van der Waals surface area contributed by atoms with Crippen LogP contribution >= 0.6 is 0 Å². The average Bonchev–Trinajstić information content (AvgIpc) is 2.87. The lowest BCUT2D eigenvalue weighted by molar-refractivity contribution is -0.118. The van der Waals surface area contributed by atoms with Crippen molar-refractivity contribution in [1.29, 1.82) is 0 Å². The van der Waals surface area contributed by atoms with Gasteiger partial charge in [-0.2, -0.15) is 0 Å². The van der Waals surface area contributed by atoms with Crippen molar-refractivity contribution in [2.75, 3.05) is 25.0 Å². The first-order valence-electron chi connectivity index (χ1n) is 6.84. The standard InChI is InChI=1S/C13H15N3O4S/c17-12-6-20-11-2-1-7(3-10(11)15-12)21(18,19)16-13-8-4-14-5-9(8)13/h1-3,8-9,13-14,16H,4-6H2,(H,15,17). The lowest BCUT2D eigenvalue weighted by atomic mass is 10.2. The van der Waals surface area contributed by atoms with Gasteiger partial charge in [-0.15, -0.1) is 0 Å². The van der Waals surface area contributed by atoms with Gasteiger partial charge in [0.25, 0.3) is 5.91 Å². The van der Waals surface area contributed by atoms with Crippen LogP contribution in [0, 0.1) is 11.8 Å². The Kier molecular flexibility index (Phi) is 2.75. The third kappa shape index (κ3) is 2.19. The Bertz CT molecular complexity index is 708. The zero-order valence-electron chi connectivity index (χ0n) is 11.1. The van der Waals surface area contributed by atoms with Gasteiger partial charge in [-0.1, -0.05) is 0 Å². The summed E-state index contributed by atoms with van der Waals surface area (Å²) in [5.74, 6) is 1.01. The minimum absolute atomic E-state index is 0.0260. The number of amides is 1. The SMILES string of the molecule is O=C1COc2ccc(S(=O)(=O)NC3C4CNCC43)cc2N1. The van der Waals surface area contributed by atoms with E-state index in [-0.39, 0.29) is 23.5 Å². The summed E-state index contributed by atoms with van der Waals surface area (Å²) in [6, 6.07) is 4.52. The molecular weight excluding hydrogens is 294 g/mol. The molecule has 1 aliphatic carbocycles. The molecule has 2 heterocycles. The molecule has 3 aliphatic rings. The normalized spacial score (nSPS) is 30.1. The van der Waals surface area contributed by atoms with E-state index in [1.807, 2.05) is 0 Å². The van der Waals surface area contributed by atoms with Gasteiger partial charge in [-0.3, -0.25) is 4.79 Å². The maximum Gasteiger partial charge on any atom is 0.262 e. The number of fused-ring (bicyclic) bond motifs is 2. The molecule has 0 spiro atoms. The number of carbonyl (C=O) groups excluding carboxylic acids is 1. The highest BCUT2D eigenvalue weighted by atomic mass is 32.2. The molecule has 0 aromatic heterocycles. The lowest BCUT2D eigenvalue weighted by Crippen LogP contribution is -2.32. The van der Waals surface area contributed by atoms with Crippen LogP contribution in [-0.4, -0.2) is 40.1 Å². The molecule has 1 aromatic carbocycles. The van der Waals surface area contributed by atoms with E-state index in [0.29, 0.717) is 23.3 Å². The first-order chi connectivity index (χ1) is 10.0. The molecule has 1 amide bonds. The van der Waals surface area contributed by atoms with Gasteiger partial charge in [0.1, 0.15) is 5.75 Å². The number of piperidine rings is 1. The molecule has 112 valence electrons. The molecule has 21 heavy (non-hydrogen) atoms. The largest absolute Gasteiger partial charge is 0.482 e. The van der Waals surface area contributed by atoms with E-state index in [4.69, 9.17) is 4.74 Å². The van der Waals surface area contributed by atoms with Crippen LogP contribution in [0.4, 0.5) is 5.69 Å². The Morgan fingerprint density at radius 3 is 2.76 bits per heavy atom. The minimum Gasteiger partial charge on any atom is -0.482 e. The third-order valence-electron chi connectivity index (χ3n) is 4.28. The number of ether oxygens (including phenoxy) is 1. The highest BCUT2D eigenvalue weighted by Gasteiger charge is 2.54. The summed E-state index contributed by atoms with van der Waals surface area (Å²) in [7, 11) is -3.57. The molecule has 2 unspecified atom stereocenters. The van der Waals surface area contributed by atoms with Gasteiger partial charge < -0.3 is 15.4 Å². The number of benzene rings is 1. The quantitative estimate of drug-likeness (QED) is 0.700. The first kappa shape index (κ1) is 13.1. The Labute approximate surface area is 122 Å². The summed E-state index contributed by atoms with van der Waals surface area (Å²) >= 11 is 0. The van der Waals surface area contributed by atoms with E-state index >= 15 is 0 Å². The summed E-state index contributed by atoms with van der Waals surface area (Å²) in [6.45, 7) is 1.69. The fourth-order valence-electron chi connectivity index (χ4n) is 3.07. The topological polar surface area (TPSA) is 96.5 Å². The molecule has 2 fully saturated rings. The Morgan fingerprint density at radius 1 is 1.24 bits per heavy atom. The van der Waals surface area contributed by atoms with Gasteiger partial charge >= 0.3 is 0 Å². The van der Waals surface area contributed by atoms with E-state index in [2.05, 4.69) is 15.4 Å². The molecule has 8 heteroatoms. The molecule has 0 radical (unpaired) electrons. The van der Waals surface area contributed by atoms with E-state index in [0.717, 1.165) is 13.1 Å². The van der Waals surface area contributed by atoms with Gasteiger partial charge in [-0.05, 0) is 43.1 Å². The highest BCUT2D eigenvalue weighted by molar-refractivity contribution is 7.89. The molecule has 7 nitrogen and oxygen atoms in total. The molecule has 1 saturated carbocycles. The molecule has 4 rings (SSSR count). The van der Waals surface area contributed by atoms with E-state index in [1.165, 1.54) is 12.1 Å². The lowest BCUT2D eigenvalue weighted by Gasteiger charge is -2.18. The zero-order chi connectivity index (χ0) is 14.6.